The zero-order valence-corrected chi connectivity index (χ0v) is 6.49. The van der Waals surface area contributed by atoms with Crippen LogP contribution in [0.5, 0.6) is 0 Å². The fourth-order valence-electron chi connectivity index (χ4n) is 0.841. The minimum atomic E-state index is 0.843. The molecule has 0 heteroatoms. The van der Waals surface area contributed by atoms with Crippen LogP contribution < -0.4 is 0 Å². The van der Waals surface area contributed by atoms with Crippen molar-refractivity contribution in [2.75, 3.05) is 0 Å². The summed E-state index contributed by atoms with van der Waals surface area (Å²) in [6.45, 7) is 8.98. The van der Waals surface area contributed by atoms with Crippen LogP contribution in [0.3, 0.4) is 0 Å². The highest BCUT2D eigenvalue weighted by atomic mass is 14.1. The van der Waals surface area contributed by atoms with Crippen molar-refractivity contribution in [1.29, 1.82) is 0 Å². The molecule has 0 atom stereocenters. The molecular formula is C8H17. The predicted octanol–water partition coefficient (Wildman–Crippen LogP) is 3.04. The Balaban J connectivity index is 3.10. The Morgan fingerprint density at radius 1 is 1.38 bits per heavy atom. The molecule has 0 nitrogen and oxygen atoms in total. The summed E-state index contributed by atoms with van der Waals surface area (Å²) in [6.07, 6.45) is 2.55. The van der Waals surface area contributed by atoms with Gasteiger partial charge in [-0.3, -0.25) is 0 Å². The summed E-state index contributed by atoms with van der Waals surface area (Å²) >= 11 is 0. The molecule has 0 aliphatic carbocycles. The van der Waals surface area contributed by atoms with E-state index in [2.05, 4.69) is 27.7 Å². The molecule has 0 spiro atoms. The first-order valence-electron chi connectivity index (χ1n) is 3.48. The van der Waals surface area contributed by atoms with Crippen LogP contribution in [-0.2, 0) is 0 Å². The summed E-state index contributed by atoms with van der Waals surface area (Å²) in [5, 5.41) is 0. The van der Waals surface area contributed by atoms with Gasteiger partial charge in [0, 0.05) is 0 Å². The first-order valence-corrected chi connectivity index (χ1v) is 3.48. The van der Waals surface area contributed by atoms with Crippen LogP contribution in [-0.4, -0.2) is 0 Å². The minimum Gasteiger partial charge on any atom is -0.0648 e. The monoisotopic (exact) mass is 113 g/mol. The lowest BCUT2D eigenvalue weighted by atomic mass is 9.97. The van der Waals surface area contributed by atoms with Crippen LogP contribution in [0.1, 0.15) is 40.5 Å². The normalized spacial score (nSPS) is 11.2. The second-order valence-corrected chi connectivity index (χ2v) is 2.91. The van der Waals surface area contributed by atoms with Gasteiger partial charge in [0.25, 0.3) is 0 Å². The molecule has 49 valence electrons. The average molecular weight is 113 g/mol. The van der Waals surface area contributed by atoms with Gasteiger partial charge < -0.3 is 0 Å². The average Bonchev–Trinajstić information content (AvgIpc) is 1.65. The molecule has 0 saturated heterocycles. The highest BCUT2D eigenvalue weighted by Crippen LogP contribution is 2.15. The Hall–Kier alpha value is 0. The van der Waals surface area contributed by atoms with Crippen LogP contribution in [0.25, 0.3) is 0 Å². The van der Waals surface area contributed by atoms with Crippen molar-refractivity contribution >= 4 is 0 Å². The minimum absolute atomic E-state index is 0.843. The van der Waals surface area contributed by atoms with E-state index < -0.39 is 0 Å². The molecule has 0 aliphatic rings. The van der Waals surface area contributed by atoms with Gasteiger partial charge in [-0.2, -0.15) is 0 Å². The molecule has 8 heavy (non-hydrogen) atoms. The van der Waals surface area contributed by atoms with E-state index in [-0.39, 0.29) is 0 Å². The molecule has 0 aromatic heterocycles. The molecule has 1 radical (unpaired) electrons. The summed E-state index contributed by atoms with van der Waals surface area (Å²) in [7, 11) is 0. The third-order valence-electron chi connectivity index (χ3n) is 1.36. The van der Waals surface area contributed by atoms with Gasteiger partial charge in [-0.1, -0.05) is 34.1 Å². The van der Waals surface area contributed by atoms with Gasteiger partial charge in [0.15, 0.2) is 0 Å². The third-order valence-corrected chi connectivity index (χ3v) is 1.36. The van der Waals surface area contributed by atoms with E-state index in [0.717, 1.165) is 5.92 Å². The van der Waals surface area contributed by atoms with E-state index >= 15 is 0 Å². The molecule has 0 bridgehead atoms. The predicted molar refractivity (Wildman–Crippen MR) is 38.7 cm³/mol. The standard InChI is InChI=1S/C8H17/c1-5-8(4)6-7(2)3/h7H,5-6H2,1-4H3. The molecule has 0 unspecified atom stereocenters. The van der Waals surface area contributed by atoms with Crippen LogP contribution in [0.15, 0.2) is 0 Å². The zero-order valence-electron chi connectivity index (χ0n) is 6.49. The molecular weight excluding hydrogens is 96.1 g/mol. The SMILES string of the molecule is CC[C](C)CC(C)C. The fraction of sp³-hybridized carbons (Fsp3) is 0.875. The molecule has 0 N–H and O–H groups in total. The maximum atomic E-state index is 2.26. The summed E-state index contributed by atoms with van der Waals surface area (Å²) in [4.78, 5) is 0. The van der Waals surface area contributed by atoms with Crippen molar-refractivity contribution < 1.29 is 0 Å². The summed E-state index contributed by atoms with van der Waals surface area (Å²) in [5.41, 5.74) is 0. The van der Waals surface area contributed by atoms with E-state index in [1.54, 1.807) is 5.92 Å². The topological polar surface area (TPSA) is 0 Å². The molecule has 0 aromatic carbocycles. The van der Waals surface area contributed by atoms with Gasteiger partial charge >= 0.3 is 0 Å². The van der Waals surface area contributed by atoms with Crippen molar-refractivity contribution in [2.45, 2.75) is 40.5 Å². The van der Waals surface area contributed by atoms with Crippen LogP contribution in [0.4, 0.5) is 0 Å². The van der Waals surface area contributed by atoms with Crippen LogP contribution >= 0.6 is 0 Å². The quantitative estimate of drug-likeness (QED) is 0.527. The first-order chi connectivity index (χ1) is 3.66. The highest BCUT2D eigenvalue weighted by molar-refractivity contribution is 4.82. The van der Waals surface area contributed by atoms with Gasteiger partial charge in [-0.25, -0.2) is 0 Å². The second-order valence-electron chi connectivity index (χ2n) is 2.91. The Labute approximate surface area is 53.3 Å². The van der Waals surface area contributed by atoms with Crippen LogP contribution in [0.2, 0.25) is 0 Å². The highest BCUT2D eigenvalue weighted by Gasteiger charge is 2.00. The van der Waals surface area contributed by atoms with Gasteiger partial charge in [-0.15, -0.1) is 0 Å². The van der Waals surface area contributed by atoms with E-state index in [1.165, 1.54) is 12.8 Å². The Kier molecular flexibility index (Phi) is 3.94. The number of rotatable bonds is 3. The number of hydrogen-bond acceptors (Lipinski definition) is 0. The van der Waals surface area contributed by atoms with Gasteiger partial charge in [0.05, 0.1) is 0 Å². The molecule has 0 aliphatic heterocycles. The van der Waals surface area contributed by atoms with E-state index in [9.17, 15) is 0 Å². The van der Waals surface area contributed by atoms with Crippen molar-refractivity contribution in [3.8, 4) is 0 Å². The second kappa shape index (κ2) is 3.94. The molecule has 0 rings (SSSR count). The smallest absolute Gasteiger partial charge is 0.0272 e. The van der Waals surface area contributed by atoms with E-state index in [0.29, 0.717) is 0 Å². The number of hydrogen-bond donors (Lipinski definition) is 0. The van der Waals surface area contributed by atoms with E-state index in [4.69, 9.17) is 0 Å². The Morgan fingerprint density at radius 2 is 1.88 bits per heavy atom. The molecule has 0 aromatic rings. The summed E-state index contributed by atoms with van der Waals surface area (Å²) in [6, 6.07) is 0. The lowest BCUT2D eigenvalue weighted by molar-refractivity contribution is 0.580. The fourth-order valence-corrected chi connectivity index (χ4v) is 0.841. The van der Waals surface area contributed by atoms with Gasteiger partial charge in [0.1, 0.15) is 0 Å². The van der Waals surface area contributed by atoms with Gasteiger partial charge in [-0.05, 0) is 18.3 Å². The summed E-state index contributed by atoms with van der Waals surface area (Å²) in [5.74, 6) is 2.47. The third kappa shape index (κ3) is 4.17. The van der Waals surface area contributed by atoms with Gasteiger partial charge in [0.2, 0.25) is 0 Å². The molecule has 0 fully saturated rings. The van der Waals surface area contributed by atoms with Crippen molar-refractivity contribution in [3.63, 3.8) is 0 Å². The maximum absolute atomic E-state index is 2.26. The lowest BCUT2D eigenvalue weighted by Crippen LogP contribution is -1.94. The lowest BCUT2D eigenvalue weighted by Gasteiger charge is -2.09. The van der Waals surface area contributed by atoms with Crippen molar-refractivity contribution in [2.24, 2.45) is 5.92 Å². The Bertz CT molecular complexity index is 46.0. The molecule has 0 saturated carbocycles. The maximum Gasteiger partial charge on any atom is -0.0272 e. The molecule has 0 heterocycles. The van der Waals surface area contributed by atoms with E-state index in [1.807, 2.05) is 0 Å². The largest absolute Gasteiger partial charge is 0.0648 e. The van der Waals surface area contributed by atoms with Crippen molar-refractivity contribution in [3.05, 3.63) is 5.92 Å². The Morgan fingerprint density at radius 3 is 2.00 bits per heavy atom. The van der Waals surface area contributed by atoms with Crippen molar-refractivity contribution in [1.82, 2.24) is 0 Å². The summed E-state index contributed by atoms with van der Waals surface area (Å²) < 4.78 is 0. The zero-order chi connectivity index (χ0) is 6.57. The first kappa shape index (κ1) is 8.00. The molecule has 0 amide bonds. The van der Waals surface area contributed by atoms with Crippen LogP contribution in [0, 0.1) is 11.8 Å².